The molecule has 1 aliphatic heterocycles. The topological polar surface area (TPSA) is 29.3 Å². The molecule has 0 spiro atoms. The van der Waals surface area contributed by atoms with Gasteiger partial charge in [-0.2, -0.15) is 0 Å². The lowest BCUT2D eigenvalue weighted by Gasteiger charge is -2.42. The number of benzene rings is 1. The number of anilines is 1. The van der Waals surface area contributed by atoms with Crippen LogP contribution in [0.4, 0.5) is 5.69 Å². The van der Waals surface area contributed by atoms with Crippen LogP contribution in [-0.4, -0.2) is 17.5 Å². The Morgan fingerprint density at radius 2 is 2.05 bits per heavy atom. The molecule has 1 heterocycles. The second kappa shape index (κ2) is 5.54. The van der Waals surface area contributed by atoms with E-state index in [4.69, 9.17) is 5.73 Å². The van der Waals surface area contributed by atoms with Gasteiger partial charge < -0.3 is 5.73 Å². The molecule has 1 aromatic rings. The van der Waals surface area contributed by atoms with Gasteiger partial charge in [0.05, 0.1) is 0 Å². The van der Waals surface area contributed by atoms with Gasteiger partial charge in [-0.1, -0.05) is 32.3 Å². The average molecular weight is 258 g/mol. The van der Waals surface area contributed by atoms with Gasteiger partial charge in [0.15, 0.2) is 0 Å². The number of hydrogen-bond donors (Lipinski definition) is 1. The van der Waals surface area contributed by atoms with Crippen molar-refractivity contribution >= 4 is 5.69 Å². The Labute approximate surface area is 117 Å². The van der Waals surface area contributed by atoms with E-state index in [2.05, 4.69) is 24.0 Å². The molecule has 2 aliphatic rings. The Hall–Kier alpha value is -1.02. The monoisotopic (exact) mass is 258 g/mol. The summed E-state index contributed by atoms with van der Waals surface area (Å²) in [7, 11) is 0. The summed E-state index contributed by atoms with van der Waals surface area (Å²) in [6.07, 6.45) is 8.22. The maximum atomic E-state index is 5.94. The van der Waals surface area contributed by atoms with Gasteiger partial charge in [-0.25, -0.2) is 0 Å². The van der Waals surface area contributed by atoms with Crippen LogP contribution in [0.2, 0.25) is 0 Å². The average Bonchev–Trinajstić information content (AvgIpc) is 2.46. The second-order valence-corrected chi connectivity index (χ2v) is 6.27. The van der Waals surface area contributed by atoms with Crippen molar-refractivity contribution in [2.24, 2.45) is 5.92 Å². The first kappa shape index (κ1) is 13.0. The van der Waals surface area contributed by atoms with Crippen molar-refractivity contribution in [2.45, 2.75) is 58.0 Å². The van der Waals surface area contributed by atoms with E-state index in [1.165, 1.54) is 56.2 Å². The van der Waals surface area contributed by atoms with E-state index in [0.717, 1.165) is 24.2 Å². The Bertz CT molecular complexity index is 441. The first-order chi connectivity index (χ1) is 9.28. The molecule has 1 aromatic carbocycles. The van der Waals surface area contributed by atoms with E-state index in [0.29, 0.717) is 0 Å². The standard InChI is InChI=1S/C17H26N2/c1-2-13-5-3-4-6-17(13)19-10-9-14-7-8-16(18)11-15(14)12-19/h7-8,11,13,17H,2-6,9-10,12,18H2,1H3. The van der Waals surface area contributed by atoms with Crippen LogP contribution in [0.15, 0.2) is 18.2 Å². The number of nitrogens with zero attached hydrogens (tertiary/aromatic N) is 1. The third-order valence-corrected chi connectivity index (χ3v) is 5.13. The van der Waals surface area contributed by atoms with Crippen LogP contribution in [0.25, 0.3) is 0 Å². The largest absolute Gasteiger partial charge is 0.399 e. The molecule has 0 aromatic heterocycles. The maximum Gasteiger partial charge on any atom is 0.0317 e. The summed E-state index contributed by atoms with van der Waals surface area (Å²) in [6.45, 7) is 4.71. The molecule has 2 nitrogen and oxygen atoms in total. The molecule has 2 N–H and O–H groups in total. The lowest BCUT2D eigenvalue weighted by Crippen LogP contribution is -2.44. The van der Waals surface area contributed by atoms with Gasteiger partial charge in [-0.05, 0) is 48.4 Å². The SMILES string of the molecule is CCC1CCCCC1N1CCc2ccc(N)cc2C1. The molecule has 19 heavy (non-hydrogen) atoms. The van der Waals surface area contributed by atoms with Gasteiger partial charge in [-0.3, -0.25) is 4.90 Å². The summed E-state index contributed by atoms with van der Waals surface area (Å²) in [5.41, 5.74) is 9.83. The Balaban J connectivity index is 1.77. The Morgan fingerprint density at radius 3 is 2.89 bits per heavy atom. The van der Waals surface area contributed by atoms with E-state index in [9.17, 15) is 0 Å². The van der Waals surface area contributed by atoms with E-state index in [1.807, 2.05) is 6.07 Å². The summed E-state index contributed by atoms with van der Waals surface area (Å²) in [5.74, 6) is 0.913. The predicted octanol–water partition coefficient (Wildman–Crippen LogP) is 3.60. The summed E-state index contributed by atoms with van der Waals surface area (Å²) in [4.78, 5) is 2.73. The van der Waals surface area contributed by atoms with E-state index >= 15 is 0 Å². The van der Waals surface area contributed by atoms with Gasteiger partial charge >= 0.3 is 0 Å². The molecule has 2 atom stereocenters. The molecule has 0 bridgehead atoms. The number of fused-ring (bicyclic) bond motifs is 1. The van der Waals surface area contributed by atoms with E-state index in [1.54, 1.807) is 0 Å². The molecule has 0 radical (unpaired) electrons. The van der Waals surface area contributed by atoms with E-state index in [-0.39, 0.29) is 0 Å². The van der Waals surface area contributed by atoms with Crippen molar-refractivity contribution in [3.05, 3.63) is 29.3 Å². The lowest BCUT2D eigenvalue weighted by molar-refractivity contribution is 0.0890. The molecule has 104 valence electrons. The van der Waals surface area contributed by atoms with Crippen molar-refractivity contribution in [2.75, 3.05) is 12.3 Å². The fourth-order valence-corrected chi connectivity index (χ4v) is 4.03. The lowest BCUT2D eigenvalue weighted by atomic mass is 9.81. The van der Waals surface area contributed by atoms with Gasteiger partial charge in [-0.15, -0.1) is 0 Å². The summed E-state index contributed by atoms with van der Waals surface area (Å²) < 4.78 is 0. The highest BCUT2D eigenvalue weighted by atomic mass is 15.2. The third-order valence-electron chi connectivity index (χ3n) is 5.13. The van der Waals surface area contributed by atoms with Crippen LogP contribution < -0.4 is 5.73 Å². The smallest absolute Gasteiger partial charge is 0.0317 e. The molecule has 1 aliphatic carbocycles. The Morgan fingerprint density at radius 1 is 1.21 bits per heavy atom. The van der Waals surface area contributed by atoms with E-state index < -0.39 is 0 Å². The molecular formula is C17H26N2. The fraction of sp³-hybridized carbons (Fsp3) is 0.647. The minimum atomic E-state index is 0.813. The normalized spacial score (nSPS) is 28.1. The molecule has 1 saturated carbocycles. The highest BCUT2D eigenvalue weighted by Gasteiger charge is 2.30. The van der Waals surface area contributed by atoms with Crippen molar-refractivity contribution in [3.63, 3.8) is 0 Å². The summed E-state index contributed by atoms with van der Waals surface area (Å²) >= 11 is 0. The van der Waals surface area contributed by atoms with Crippen LogP contribution in [0, 0.1) is 5.92 Å². The van der Waals surface area contributed by atoms with Crippen LogP contribution in [0.5, 0.6) is 0 Å². The molecule has 0 amide bonds. The van der Waals surface area contributed by atoms with Crippen molar-refractivity contribution < 1.29 is 0 Å². The van der Waals surface area contributed by atoms with Gasteiger partial charge in [0, 0.05) is 24.8 Å². The highest BCUT2D eigenvalue weighted by Crippen LogP contribution is 2.33. The maximum absolute atomic E-state index is 5.94. The molecular weight excluding hydrogens is 232 g/mol. The predicted molar refractivity (Wildman–Crippen MR) is 81.0 cm³/mol. The first-order valence-corrected chi connectivity index (χ1v) is 7.89. The number of hydrogen-bond acceptors (Lipinski definition) is 2. The van der Waals surface area contributed by atoms with Crippen molar-refractivity contribution in [3.8, 4) is 0 Å². The van der Waals surface area contributed by atoms with Gasteiger partial charge in [0.1, 0.15) is 0 Å². The van der Waals surface area contributed by atoms with Gasteiger partial charge in [0.25, 0.3) is 0 Å². The zero-order chi connectivity index (χ0) is 13.2. The van der Waals surface area contributed by atoms with Crippen LogP contribution in [0.3, 0.4) is 0 Å². The number of rotatable bonds is 2. The zero-order valence-electron chi connectivity index (χ0n) is 12.1. The molecule has 2 unspecified atom stereocenters. The highest BCUT2D eigenvalue weighted by molar-refractivity contribution is 5.45. The summed E-state index contributed by atoms with van der Waals surface area (Å²) in [5, 5.41) is 0. The summed E-state index contributed by atoms with van der Waals surface area (Å²) in [6, 6.07) is 7.27. The minimum absolute atomic E-state index is 0.813. The number of nitrogen functional groups attached to an aromatic ring is 1. The molecule has 0 saturated heterocycles. The zero-order valence-corrected chi connectivity index (χ0v) is 12.1. The van der Waals surface area contributed by atoms with Gasteiger partial charge in [0.2, 0.25) is 0 Å². The van der Waals surface area contributed by atoms with Crippen LogP contribution in [-0.2, 0) is 13.0 Å². The molecule has 1 fully saturated rings. The molecule has 2 heteroatoms. The van der Waals surface area contributed by atoms with Crippen molar-refractivity contribution in [1.82, 2.24) is 4.90 Å². The second-order valence-electron chi connectivity index (χ2n) is 6.27. The quantitative estimate of drug-likeness (QED) is 0.821. The molecule has 3 rings (SSSR count). The minimum Gasteiger partial charge on any atom is -0.399 e. The fourth-order valence-electron chi connectivity index (χ4n) is 4.03. The number of nitrogens with two attached hydrogens (primary N) is 1. The van der Waals surface area contributed by atoms with Crippen LogP contribution in [0.1, 0.15) is 50.2 Å². The van der Waals surface area contributed by atoms with Crippen molar-refractivity contribution in [1.29, 1.82) is 0 Å². The first-order valence-electron chi connectivity index (χ1n) is 7.89. The van der Waals surface area contributed by atoms with Crippen LogP contribution >= 0.6 is 0 Å². The third kappa shape index (κ3) is 2.64. The Kier molecular flexibility index (Phi) is 3.79.